The Morgan fingerprint density at radius 2 is 2.00 bits per heavy atom. The first-order valence-corrected chi connectivity index (χ1v) is 9.56. The maximum atomic E-state index is 13.7. The molecule has 2 saturated heterocycles. The lowest BCUT2D eigenvalue weighted by atomic mass is 9.99. The summed E-state index contributed by atoms with van der Waals surface area (Å²) in [4.78, 5) is 28.3. The van der Waals surface area contributed by atoms with Crippen molar-refractivity contribution in [1.82, 2.24) is 9.80 Å². The Bertz CT molecular complexity index is 637. The zero-order chi connectivity index (χ0) is 18.4. The summed E-state index contributed by atoms with van der Waals surface area (Å²) in [5.74, 6) is 0.178. The molecular formula is C20H27FN2O3. The second-order valence-corrected chi connectivity index (χ2v) is 7.22. The third kappa shape index (κ3) is 4.96. The standard InChI is InChI=1S/C20H27FN2O3/c21-17-8-3-4-9-18(17)26-15-16-7-6-12-22(13-16)20(25)14-23-11-5-1-2-10-19(23)24/h3-4,8-9,16H,1-2,5-7,10-15H2. The van der Waals surface area contributed by atoms with Gasteiger partial charge < -0.3 is 14.5 Å². The third-order valence-corrected chi connectivity index (χ3v) is 5.18. The molecule has 142 valence electrons. The smallest absolute Gasteiger partial charge is 0.242 e. The Morgan fingerprint density at radius 3 is 2.85 bits per heavy atom. The van der Waals surface area contributed by atoms with E-state index < -0.39 is 0 Å². The van der Waals surface area contributed by atoms with Crippen LogP contribution in [0, 0.1) is 11.7 Å². The van der Waals surface area contributed by atoms with Crippen LogP contribution in [0.1, 0.15) is 38.5 Å². The molecule has 5 nitrogen and oxygen atoms in total. The maximum absolute atomic E-state index is 13.7. The predicted molar refractivity (Wildman–Crippen MR) is 96.2 cm³/mol. The van der Waals surface area contributed by atoms with Crippen LogP contribution in [0.15, 0.2) is 24.3 Å². The minimum absolute atomic E-state index is 0.0100. The summed E-state index contributed by atoms with van der Waals surface area (Å²) in [7, 11) is 0. The Balaban J connectivity index is 1.50. The Labute approximate surface area is 154 Å². The van der Waals surface area contributed by atoms with Gasteiger partial charge in [0.1, 0.15) is 0 Å². The van der Waals surface area contributed by atoms with Crippen LogP contribution in [0.2, 0.25) is 0 Å². The molecule has 0 spiro atoms. The fourth-order valence-corrected chi connectivity index (χ4v) is 3.67. The Kier molecular flexibility index (Phi) is 6.47. The van der Waals surface area contributed by atoms with E-state index in [2.05, 4.69) is 0 Å². The molecule has 0 aliphatic carbocycles. The Hall–Kier alpha value is -2.11. The molecule has 2 amide bonds. The molecule has 0 saturated carbocycles. The molecule has 6 heteroatoms. The van der Waals surface area contributed by atoms with Gasteiger partial charge in [0, 0.05) is 32.0 Å². The number of nitrogens with zero attached hydrogens (tertiary/aromatic N) is 2. The Morgan fingerprint density at radius 1 is 1.15 bits per heavy atom. The molecule has 2 aliphatic rings. The fraction of sp³-hybridized carbons (Fsp3) is 0.600. The molecule has 3 rings (SSSR count). The topological polar surface area (TPSA) is 49.9 Å². The van der Waals surface area contributed by atoms with Gasteiger partial charge in [-0.2, -0.15) is 0 Å². The zero-order valence-corrected chi connectivity index (χ0v) is 15.2. The number of likely N-dealkylation sites (tertiary alicyclic amines) is 2. The van der Waals surface area contributed by atoms with Crippen molar-refractivity contribution in [2.24, 2.45) is 5.92 Å². The molecule has 1 atom stereocenters. The van der Waals surface area contributed by atoms with Gasteiger partial charge in [-0.1, -0.05) is 18.6 Å². The molecule has 1 aromatic carbocycles. The summed E-state index contributed by atoms with van der Waals surface area (Å²) in [6, 6.07) is 6.37. The molecular weight excluding hydrogens is 335 g/mol. The second-order valence-electron chi connectivity index (χ2n) is 7.22. The number of ether oxygens (including phenoxy) is 1. The van der Waals surface area contributed by atoms with E-state index >= 15 is 0 Å². The lowest BCUT2D eigenvalue weighted by Crippen LogP contribution is -2.47. The van der Waals surface area contributed by atoms with Gasteiger partial charge in [-0.3, -0.25) is 9.59 Å². The molecule has 1 aromatic rings. The quantitative estimate of drug-likeness (QED) is 0.809. The molecule has 2 fully saturated rings. The van der Waals surface area contributed by atoms with Gasteiger partial charge in [0.2, 0.25) is 11.8 Å². The molecule has 26 heavy (non-hydrogen) atoms. The average Bonchev–Trinajstić information content (AvgIpc) is 2.86. The third-order valence-electron chi connectivity index (χ3n) is 5.18. The highest BCUT2D eigenvalue weighted by atomic mass is 19.1. The van der Waals surface area contributed by atoms with Crippen molar-refractivity contribution in [3.63, 3.8) is 0 Å². The molecule has 2 aliphatic heterocycles. The fourth-order valence-electron chi connectivity index (χ4n) is 3.67. The molecule has 0 radical (unpaired) electrons. The van der Waals surface area contributed by atoms with E-state index in [0.717, 1.165) is 38.6 Å². The van der Waals surface area contributed by atoms with Crippen LogP contribution >= 0.6 is 0 Å². The van der Waals surface area contributed by atoms with Crippen molar-refractivity contribution < 1.29 is 18.7 Å². The van der Waals surface area contributed by atoms with Gasteiger partial charge in [-0.15, -0.1) is 0 Å². The maximum Gasteiger partial charge on any atom is 0.242 e. The van der Waals surface area contributed by atoms with E-state index in [1.165, 1.54) is 6.07 Å². The van der Waals surface area contributed by atoms with Crippen LogP contribution in [0.5, 0.6) is 5.75 Å². The van der Waals surface area contributed by atoms with Crippen LogP contribution in [-0.2, 0) is 9.59 Å². The number of benzene rings is 1. The number of amides is 2. The van der Waals surface area contributed by atoms with Crippen molar-refractivity contribution in [2.75, 3.05) is 32.8 Å². The number of carbonyl (C=O) groups excluding carboxylic acids is 2. The van der Waals surface area contributed by atoms with Crippen molar-refractivity contribution in [3.05, 3.63) is 30.1 Å². The number of hydrogen-bond acceptors (Lipinski definition) is 3. The molecule has 1 unspecified atom stereocenters. The summed E-state index contributed by atoms with van der Waals surface area (Å²) < 4.78 is 19.3. The summed E-state index contributed by atoms with van der Waals surface area (Å²) in [5.41, 5.74) is 0. The summed E-state index contributed by atoms with van der Waals surface area (Å²) in [6.45, 7) is 2.58. The number of para-hydroxylation sites is 1. The summed E-state index contributed by atoms with van der Waals surface area (Å²) in [6.07, 6.45) is 5.36. The second kappa shape index (κ2) is 9.01. The minimum Gasteiger partial charge on any atom is -0.490 e. The molecule has 2 heterocycles. The van der Waals surface area contributed by atoms with E-state index in [0.29, 0.717) is 26.1 Å². The highest BCUT2D eigenvalue weighted by Crippen LogP contribution is 2.21. The number of halogens is 1. The predicted octanol–water partition coefficient (Wildman–Crippen LogP) is 2.85. The molecule has 0 N–H and O–H groups in total. The van der Waals surface area contributed by atoms with Crippen LogP contribution in [-0.4, -0.2) is 54.4 Å². The first kappa shape index (κ1) is 18.7. The van der Waals surface area contributed by atoms with E-state index in [4.69, 9.17) is 4.74 Å². The van der Waals surface area contributed by atoms with Gasteiger partial charge in [-0.25, -0.2) is 4.39 Å². The van der Waals surface area contributed by atoms with Crippen LogP contribution < -0.4 is 4.74 Å². The largest absolute Gasteiger partial charge is 0.490 e. The highest BCUT2D eigenvalue weighted by Gasteiger charge is 2.27. The van der Waals surface area contributed by atoms with Crippen molar-refractivity contribution in [1.29, 1.82) is 0 Å². The number of rotatable bonds is 5. The van der Waals surface area contributed by atoms with Gasteiger partial charge in [-0.05, 0) is 37.8 Å². The van der Waals surface area contributed by atoms with Crippen LogP contribution in [0.4, 0.5) is 4.39 Å². The number of hydrogen-bond donors (Lipinski definition) is 0. The molecule has 0 bridgehead atoms. The highest BCUT2D eigenvalue weighted by molar-refractivity contribution is 5.85. The summed E-state index contributed by atoms with van der Waals surface area (Å²) in [5, 5.41) is 0. The van der Waals surface area contributed by atoms with E-state index in [1.807, 2.05) is 4.90 Å². The van der Waals surface area contributed by atoms with Crippen LogP contribution in [0.25, 0.3) is 0 Å². The first-order valence-electron chi connectivity index (χ1n) is 9.56. The molecule has 0 aromatic heterocycles. The van der Waals surface area contributed by atoms with Crippen molar-refractivity contribution in [2.45, 2.75) is 38.5 Å². The monoisotopic (exact) mass is 362 g/mol. The average molecular weight is 362 g/mol. The lowest BCUT2D eigenvalue weighted by molar-refractivity contribution is -0.141. The van der Waals surface area contributed by atoms with Gasteiger partial charge >= 0.3 is 0 Å². The van der Waals surface area contributed by atoms with E-state index in [1.54, 1.807) is 23.1 Å². The number of carbonyl (C=O) groups is 2. The van der Waals surface area contributed by atoms with Gasteiger partial charge in [0.05, 0.1) is 13.2 Å². The van der Waals surface area contributed by atoms with Gasteiger partial charge in [0.25, 0.3) is 0 Å². The van der Waals surface area contributed by atoms with Gasteiger partial charge in [0.15, 0.2) is 11.6 Å². The zero-order valence-electron chi connectivity index (χ0n) is 15.2. The first-order chi connectivity index (χ1) is 12.6. The van der Waals surface area contributed by atoms with E-state index in [-0.39, 0.29) is 35.8 Å². The summed E-state index contributed by atoms with van der Waals surface area (Å²) >= 11 is 0. The van der Waals surface area contributed by atoms with Crippen molar-refractivity contribution >= 4 is 11.8 Å². The van der Waals surface area contributed by atoms with Crippen LogP contribution in [0.3, 0.4) is 0 Å². The normalized spacial score (nSPS) is 21.4. The number of piperidine rings is 1. The van der Waals surface area contributed by atoms with E-state index in [9.17, 15) is 14.0 Å². The SMILES string of the molecule is O=C1CCCCCN1CC(=O)N1CCCC(COc2ccccc2F)C1. The lowest BCUT2D eigenvalue weighted by Gasteiger charge is -2.34. The van der Waals surface area contributed by atoms with Crippen molar-refractivity contribution in [3.8, 4) is 5.75 Å². The minimum atomic E-state index is -0.365.